The van der Waals surface area contributed by atoms with Gasteiger partial charge in [0.15, 0.2) is 0 Å². The number of amides is 1. The molecule has 0 aliphatic carbocycles. The van der Waals surface area contributed by atoms with E-state index in [-0.39, 0.29) is 0 Å². The average Bonchev–Trinajstić information content (AvgIpc) is 2.50. The molecule has 0 saturated carbocycles. The molecular weight excluding hydrogens is 286 g/mol. The first kappa shape index (κ1) is 18.0. The van der Waals surface area contributed by atoms with Crippen molar-refractivity contribution < 1.29 is 40.2 Å². The first-order chi connectivity index (χ1) is 9.96. The highest BCUT2D eigenvalue weighted by molar-refractivity contribution is 5.47. The van der Waals surface area contributed by atoms with Gasteiger partial charge in [0.1, 0.15) is 36.6 Å². The van der Waals surface area contributed by atoms with Crippen LogP contribution in [0.15, 0.2) is 12.2 Å². The van der Waals surface area contributed by atoms with Crippen LogP contribution in [0.25, 0.3) is 0 Å². The lowest BCUT2D eigenvalue weighted by molar-refractivity contribution is -0.216. The van der Waals surface area contributed by atoms with Gasteiger partial charge in [-0.05, 0) is 0 Å². The van der Waals surface area contributed by atoms with E-state index in [2.05, 4.69) is 5.32 Å². The Morgan fingerprint density at radius 1 is 1.14 bits per heavy atom. The van der Waals surface area contributed by atoms with Crippen LogP contribution in [0.1, 0.15) is 0 Å². The van der Waals surface area contributed by atoms with Crippen LogP contribution in [0.4, 0.5) is 0 Å². The smallest absolute Gasteiger partial charge is 0.207 e. The quantitative estimate of drug-likeness (QED) is 0.184. The average molecular weight is 307 g/mol. The number of carbonyl (C=O) groups excluding carboxylic acids is 1. The van der Waals surface area contributed by atoms with Gasteiger partial charge in [-0.2, -0.15) is 0 Å². The molecular formula is C12H21NO8. The summed E-state index contributed by atoms with van der Waals surface area (Å²) in [4.78, 5) is 10.4. The lowest BCUT2D eigenvalue weighted by Crippen LogP contribution is -2.58. The minimum Gasteiger partial charge on any atom is -0.394 e. The second kappa shape index (κ2) is 8.39. The zero-order valence-corrected chi connectivity index (χ0v) is 11.2. The van der Waals surface area contributed by atoms with Crippen molar-refractivity contribution in [1.29, 1.82) is 0 Å². The SMILES string of the molecule is O=CN[C@@H](/C=C/[C@H]1OC(CO)[C@H](O)[C@H](O)C1O)[C@H](O)CO. The highest BCUT2D eigenvalue weighted by Crippen LogP contribution is 2.22. The van der Waals surface area contributed by atoms with Crippen molar-refractivity contribution in [1.82, 2.24) is 5.32 Å². The minimum absolute atomic E-state index is 0.334. The first-order valence-corrected chi connectivity index (χ1v) is 6.43. The van der Waals surface area contributed by atoms with E-state index in [1.54, 1.807) is 0 Å². The number of ether oxygens (including phenoxy) is 1. The molecule has 0 spiro atoms. The standard InChI is InChI=1S/C12H21NO8/c14-3-7(17)6(13-5-16)1-2-8-10(18)12(20)11(19)9(4-15)21-8/h1-2,5-12,14-15,17-20H,3-4H2,(H,13,16)/b2-1+/t6-,7+,8+,9?,10?,11-,12+/m0/s1. The minimum atomic E-state index is -1.51. The zero-order valence-electron chi connectivity index (χ0n) is 11.2. The Morgan fingerprint density at radius 3 is 2.33 bits per heavy atom. The molecule has 21 heavy (non-hydrogen) atoms. The van der Waals surface area contributed by atoms with Crippen LogP contribution >= 0.6 is 0 Å². The van der Waals surface area contributed by atoms with Crippen LogP contribution < -0.4 is 5.32 Å². The van der Waals surface area contributed by atoms with E-state index in [9.17, 15) is 25.2 Å². The summed E-state index contributed by atoms with van der Waals surface area (Å²) >= 11 is 0. The van der Waals surface area contributed by atoms with Gasteiger partial charge < -0.3 is 40.7 Å². The molecule has 0 aromatic carbocycles. The number of hydrogen-bond acceptors (Lipinski definition) is 8. The van der Waals surface area contributed by atoms with Crippen LogP contribution in [-0.2, 0) is 9.53 Å². The molecule has 7 atom stereocenters. The zero-order chi connectivity index (χ0) is 16.0. The summed E-state index contributed by atoms with van der Waals surface area (Å²) in [6.07, 6.45) is -4.88. The topological polar surface area (TPSA) is 160 Å². The first-order valence-electron chi connectivity index (χ1n) is 6.43. The van der Waals surface area contributed by atoms with Crippen molar-refractivity contribution in [2.45, 2.75) is 42.7 Å². The molecule has 1 heterocycles. The van der Waals surface area contributed by atoms with E-state index in [0.29, 0.717) is 6.41 Å². The van der Waals surface area contributed by atoms with Crippen molar-refractivity contribution in [3.05, 3.63) is 12.2 Å². The van der Waals surface area contributed by atoms with E-state index in [4.69, 9.17) is 14.9 Å². The van der Waals surface area contributed by atoms with Crippen molar-refractivity contribution in [3.8, 4) is 0 Å². The monoisotopic (exact) mass is 307 g/mol. The molecule has 1 amide bonds. The Hall–Kier alpha value is -1.07. The van der Waals surface area contributed by atoms with E-state index < -0.39 is 55.9 Å². The van der Waals surface area contributed by atoms with Gasteiger partial charge >= 0.3 is 0 Å². The highest BCUT2D eigenvalue weighted by Gasteiger charge is 2.42. The van der Waals surface area contributed by atoms with Gasteiger partial charge in [-0.15, -0.1) is 0 Å². The van der Waals surface area contributed by atoms with Crippen molar-refractivity contribution in [2.75, 3.05) is 13.2 Å². The summed E-state index contributed by atoms with van der Waals surface area (Å²) in [5.74, 6) is 0. The summed E-state index contributed by atoms with van der Waals surface area (Å²) in [6.45, 7) is -1.14. The van der Waals surface area contributed by atoms with E-state index >= 15 is 0 Å². The third kappa shape index (κ3) is 4.45. The molecule has 1 aliphatic heterocycles. The summed E-state index contributed by atoms with van der Waals surface area (Å²) in [5, 5.41) is 58.6. The van der Waals surface area contributed by atoms with Gasteiger partial charge in [-0.1, -0.05) is 12.2 Å². The van der Waals surface area contributed by atoms with Crippen molar-refractivity contribution >= 4 is 6.41 Å². The molecule has 9 heteroatoms. The normalized spacial score (nSPS) is 36.4. The van der Waals surface area contributed by atoms with Crippen molar-refractivity contribution in [3.63, 3.8) is 0 Å². The Bertz CT molecular complexity index is 350. The largest absolute Gasteiger partial charge is 0.394 e. The summed E-state index contributed by atoms with van der Waals surface area (Å²) in [7, 11) is 0. The van der Waals surface area contributed by atoms with Gasteiger partial charge in [0.2, 0.25) is 6.41 Å². The highest BCUT2D eigenvalue weighted by atomic mass is 16.5. The molecule has 1 aliphatic rings. The van der Waals surface area contributed by atoms with E-state index in [0.717, 1.165) is 0 Å². The molecule has 0 bridgehead atoms. The lowest BCUT2D eigenvalue weighted by Gasteiger charge is -2.39. The third-order valence-corrected chi connectivity index (χ3v) is 3.30. The fourth-order valence-corrected chi connectivity index (χ4v) is 2.01. The van der Waals surface area contributed by atoms with Crippen molar-refractivity contribution in [2.24, 2.45) is 0 Å². The molecule has 1 rings (SSSR count). The number of rotatable bonds is 7. The van der Waals surface area contributed by atoms with E-state index in [1.807, 2.05) is 0 Å². The molecule has 0 aromatic rings. The maximum absolute atomic E-state index is 10.4. The number of nitrogens with one attached hydrogen (secondary N) is 1. The number of carbonyl (C=O) groups is 1. The summed E-state index contributed by atoms with van der Waals surface area (Å²) in [6, 6.07) is -0.917. The third-order valence-electron chi connectivity index (χ3n) is 3.30. The molecule has 1 fully saturated rings. The maximum atomic E-state index is 10.4. The predicted molar refractivity (Wildman–Crippen MR) is 69.0 cm³/mol. The molecule has 0 radical (unpaired) electrons. The Kier molecular flexibility index (Phi) is 7.18. The van der Waals surface area contributed by atoms with Gasteiger partial charge in [0.05, 0.1) is 19.3 Å². The number of aliphatic hydroxyl groups is 6. The maximum Gasteiger partial charge on any atom is 0.207 e. The summed E-state index contributed by atoms with van der Waals surface area (Å²) in [5.41, 5.74) is 0. The predicted octanol–water partition coefficient (Wildman–Crippen LogP) is -4.15. The number of aliphatic hydroxyl groups excluding tert-OH is 6. The van der Waals surface area contributed by atoms with Crippen LogP contribution in [0.2, 0.25) is 0 Å². The van der Waals surface area contributed by atoms with Gasteiger partial charge in [0.25, 0.3) is 0 Å². The van der Waals surface area contributed by atoms with Crippen LogP contribution in [-0.4, -0.2) is 92.9 Å². The number of hydrogen-bond donors (Lipinski definition) is 7. The van der Waals surface area contributed by atoms with Gasteiger partial charge in [0, 0.05) is 0 Å². The Balaban J connectivity index is 2.78. The molecule has 1 saturated heterocycles. The van der Waals surface area contributed by atoms with Crippen LogP contribution in [0, 0.1) is 0 Å². The fourth-order valence-electron chi connectivity index (χ4n) is 2.01. The second-order valence-electron chi connectivity index (χ2n) is 4.74. The van der Waals surface area contributed by atoms with Crippen LogP contribution in [0.5, 0.6) is 0 Å². The van der Waals surface area contributed by atoms with E-state index in [1.165, 1.54) is 12.2 Å². The second-order valence-corrected chi connectivity index (χ2v) is 4.74. The molecule has 0 aromatic heterocycles. The molecule has 9 nitrogen and oxygen atoms in total. The van der Waals surface area contributed by atoms with Crippen LogP contribution in [0.3, 0.4) is 0 Å². The molecule has 122 valence electrons. The fraction of sp³-hybridized carbons (Fsp3) is 0.750. The van der Waals surface area contributed by atoms with Gasteiger partial charge in [-0.25, -0.2) is 0 Å². The Labute approximate surface area is 121 Å². The Morgan fingerprint density at radius 2 is 1.81 bits per heavy atom. The summed E-state index contributed by atoms with van der Waals surface area (Å²) < 4.78 is 5.22. The lowest BCUT2D eigenvalue weighted by atomic mass is 9.94. The molecule has 7 N–H and O–H groups in total. The molecule has 2 unspecified atom stereocenters. The van der Waals surface area contributed by atoms with Gasteiger partial charge in [-0.3, -0.25) is 4.79 Å².